The summed E-state index contributed by atoms with van der Waals surface area (Å²) in [4.78, 5) is 21.5. The Balaban J connectivity index is 1.47. The maximum atomic E-state index is 12.6. The normalized spacial score (nSPS) is 16.6. The number of sulfonamides is 1. The van der Waals surface area contributed by atoms with Crippen molar-refractivity contribution in [2.45, 2.75) is 17.4 Å². The molecule has 2 heterocycles. The van der Waals surface area contributed by atoms with E-state index in [0.29, 0.717) is 5.56 Å². The molecule has 2 aromatic carbocycles. The van der Waals surface area contributed by atoms with Gasteiger partial charge in [-0.15, -0.1) is 0 Å². The maximum Gasteiger partial charge on any atom is 0.263 e. The second kappa shape index (κ2) is 8.11. The van der Waals surface area contributed by atoms with E-state index >= 15 is 0 Å². The van der Waals surface area contributed by atoms with Crippen LogP contribution in [0.5, 0.6) is 0 Å². The molecule has 3 aromatic rings. The van der Waals surface area contributed by atoms with Crippen LogP contribution in [0.3, 0.4) is 0 Å². The van der Waals surface area contributed by atoms with E-state index in [-0.39, 0.29) is 29.6 Å². The van der Waals surface area contributed by atoms with Crippen LogP contribution in [-0.4, -0.2) is 36.3 Å². The zero-order chi connectivity index (χ0) is 21.1. The Morgan fingerprint density at radius 3 is 2.63 bits per heavy atom. The molecule has 1 amide bonds. The number of amidine groups is 1. The van der Waals surface area contributed by atoms with Gasteiger partial charge in [-0.05, 0) is 17.7 Å². The van der Waals surface area contributed by atoms with Crippen LogP contribution in [0.25, 0.3) is 0 Å². The maximum absolute atomic E-state index is 12.6. The fourth-order valence-corrected chi connectivity index (χ4v) is 4.60. The lowest BCUT2D eigenvalue weighted by Gasteiger charge is -2.19. The summed E-state index contributed by atoms with van der Waals surface area (Å²) < 4.78 is 28.6. The number of aromatic nitrogens is 2. The van der Waals surface area contributed by atoms with E-state index in [2.05, 4.69) is 20.0 Å². The van der Waals surface area contributed by atoms with Crippen molar-refractivity contribution >= 4 is 21.8 Å². The van der Waals surface area contributed by atoms with Crippen molar-refractivity contribution in [1.82, 2.24) is 19.6 Å². The van der Waals surface area contributed by atoms with E-state index in [9.17, 15) is 13.2 Å². The highest BCUT2D eigenvalue weighted by atomic mass is 32.2. The van der Waals surface area contributed by atoms with Crippen molar-refractivity contribution in [3.63, 3.8) is 0 Å². The first-order valence-corrected chi connectivity index (χ1v) is 10.9. The Morgan fingerprint density at radius 2 is 1.90 bits per heavy atom. The minimum Gasteiger partial charge on any atom is -0.342 e. The van der Waals surface area contributed by atoms with Gasteiger partial charge in [0.15, 0.2) is 0 Å². The van der Waals surface area contributed by atoms with Crippen LogP contribution in [0.15, 0.2) is 76.9 Å². The number of rotatable bonds is 6. The van der Waals surface area contributed by atoms with Crippen molar-refractivity contribution in [2.24, 2.45) is 12.0 Å². The van der Waals surface area contributed by atoms with Gasteiger partial charge in [0.05, 0.1) is 11.4 Å². The van der Waals surface area contributed by atoms with Gasteiger partial charge in [-0.2, -0.15) is 0 Å². The van der Waals surface area contributed by atoms with Gasteiger partial charge in [0.2, 0.25) is 5.91 Å². The van der Waals surface area contributed by atoms with Gasteiger partial charge in [-0.25, -0.2) is 13.4 Å². The number of nitrogens with one attached hydrogen (secondary N) is 2. The van der Waals surface area contributed by atoms with Crippen molar-refractivity contribution in [2.75, 3.05) is 6.54 Å². The molecule has 8 nitrogen and oxygen atoms in total. The van der Waals surface area contributed by atoms with Crippen molar-refractivity contribution in [1.29, 1.82) is 0 Å². The number of carbonyl (C=O) groups excluding carboxylic acids is 1. The van der Waals surface area contributed by atoms with E-state index < -0.39 is 16.1 Å². The van der Waals surface area contributed by atoms with Crippen LogP contribution in [0, 0.1) is 0 Å². The highest BCUT2D eigenvalue weighted by Crippen LogP contribution is 2.22. The molecule has 4 rings (SSSR count). The third-order valence-electron chi connectivity index (χ3n) is 4.83. The van der Waals surface area contributed by atoms with Crippen LogP contribution in [-0.2, 0) is 21.9 Å². The zero-order valence-corrected chi connectivity index (χ0v) is 17.1. The van der Waals surface area contributed by atoms with Crippen LogP contribution < -0.4 is 10.0 Å². The molecule has 1 aromatic heterocycles. The molecule has 0 fully saturated rings. The van der Waals surface area contributed by atoms with Gasteiger partial charge in [0, 0.05) is 31.4 Å². The Morgan fingerprint density at radius 1 is 1.17 bits per heavy atom. The van der Waals surface area contributed by atoms with E-state index in [1.165, 1.54) is 6.07 Å². The molecule has 1 unspecified atom stereocenters. The zero-order valence-electron chi connectivity index (χ0n) is 16.3. The quantitative estimate of drug-likeness (QED) is 0.630. The summed E-state index contributed by atoms with van der Waals surface area (Å²) >= 11 is 0. The first-order chi connectivity index (χ1) is 14.5. The molecule has 0 saturated carbocycles. The number of fused-ring (bicyclic) bond motifs is 1. The lowest BCUT2D eigenvalue weighted by molar-refractivity contribution is -0.121. The van der Waals surface area contributed by atoms with Crippen molar-refractivity contribution in [3.05, 3.63) is 83.9 Å². The third kappa shape index (κ3) is 3.97. The fourth-order valence-electron chi connectivity index (χ4n) is 3.35. The number of aliphatic imine (C=N–C) groups is 1. The van der Waals surface area contributed by atoms with Gasteiger partial charge in [0.25, 0.3) is 10.0 Å². The molecule has 1 aliphatic rings. The lowest BCUT2D eigenvalue weighted by atomic mass is 10.1. The van der Waals surface area contributed by atoms with Crippen LogP contribution in [0.2, 0.25) is 0 Å². The molecule has 9 heteroatoms. The minimum absolute atomic E-state index is 0.112. The van der Waals surface area contributed by atoms with Crippen molar-refractivity contribution in [3.8, 4) is 0 Å². The SMILES string of the molecule is Cn1ccnc1C(NC(=O)CCN=C1NS(=O)(=O)c2ccccc21)c1ccccc1. The average Bonchev–Trinajstić information content (AvgIpc) is 3.28. The van der Waals surface area contributed by atoms with E-state index in [1.54, 1.807) is 24.4 Å². The predicted octanol–water partition coefficient (Wildman–Crippen LogP) is 1.75. The first kappa shape index (κ1) is 19.8. The molecule has 0 saturated heterocycles. The fraction of sp³-hybridized carbons (Fsp3) is 0.190. The summed E-state index contributed by atoms with van der Waals surface area (Å²) in [5.74, 6) is 0.783. The van der Waals surface area contributed by atoms with Crippen molar-refractivity contribution < 1.29 is 13.2 Å². The summed E-state index contributed by atoms with van der Waals surface area (Å²) in [6, 6.07) is 15.8. The highest BCUT2D eigenvalue weighted by molar-refractivity contribution is 7.90. The Hall–Kier alpha value is -3.46. The van der Waals surface area contributed by atoms with Gasteiger partial charge >= 0.3 is 0 Å². The summed E-state index contributed by atoms with van der Waals surface area (Å²) in [5.41, 5.74) is 1.44. The standard InChI is InChI=1S/C21H21N5O3S/c1-26-14-13-23-21(26)19(15-7-3-2-4-8-15)24-18(27)11-12-22-20-16-9-5-6-10-17(16)30(28,29)25-20/h2-10,13-14,19H,11-12H2,1H3,(H,22,25)(H,24,27). The average molecular weight is 423 g/mol. The molecule has 0 bridgehead atoms. The highest BCUT2D eigenvalue weighted by Gasteiger charge is 2.30. The summed E-state index contributed by atoms with van der Waals surface area (Å²) in [6.07, 6.45) is 3.63. The van der Waals surface area contributed by atoms with E-state index in [1.807, 2.05) is 48.1 Å². The van der Waals surface area contributed by atoms with Gasteiger partial charge in [-0.3, -0.25) is 14.5 Å². The molecule has 1 atom stereocenters. The minimum atomic E-state index is -3.59. The number of nitrogens with zero attached hydrogens (tertiary/aromatic N) is 3. The summed E-state index contributed by atoms with van der Waals surface area (Å²) in [5, 5.41) is 3.01. The Kier molecular flexibility index (Phi) is 5.37. The number of aryl methyl sites for hydroxylation is 1. The molecule has 0 aliphatic carbocycles. The molecule has 30 heavy (non-hydrogen) atoms. The molecule has 2 N–H and O–H groups in total. The molecule has 0 spiro atoms. The topological polar surface area (TPSA) is 105 Å². The van der Waals surface area contributed by atoms with E-state index in [4.69, 9.17) is 0 Å². The second-order valence-corrected chi connectivity index (χ2v) is 8.54. The largest absolute Gasteiger partial charge is 0.342 e. The van der Waals surface area contributed by atoms with E-state index in [0.717, 1.165) is 11.4 Å². The molecule has 0 radical (unpaired) electrons. The monoisotopic (exact) mass is 423 g/mol. The summed E-state index contributed by atoms with van der Waals surface area (Å²) in [6.45, 7) is 0.153. The molecule has 1 aliphatic heterocycles. The predicted molar refractivity (Wildman–Crippen MR) is 112 cm³/mol. The van der Waals surface area contributed by atoms with Gasteiger partial charge in [-0.1, -0.05) is 42.5 Å². The molecule has 154 valence electrons. The van der Waals surface area contributed by atoms with Crippen LogP contribution in [0.1, 0.15) is 29.4 Å². The number of amides is 1. The van der Waals surface area contributed by atoms with Crippen LogP contribution in [0.4, 0.5) is 0 Å². The number of imidazole rings is 1. The first-order valence-electron chi connectivity index (χ1n) is 9.44. The Labute approximate surface area is 174 Å². The van der Waals surface area contributed by atoms with Gasteiger partial charge in [0.1, 0.15) is 17.7 Å². The number of hydrogen-bond acceptors (Lipinski definition) is 5. The number of benzene rings is 2. The lowest BCUT2D eigenvalue weighted by Crippen LogP contribution is -2.31. The number of carbonyl (C=O) groups is 1. The van der Waals surface area contributed by atoms with Crippen LogP contribution >= 0.6 is 0 Å². The molecular formula is C21H21N5O3S. The second-order valence-electron chi connectivity index (χ2n) is 6.89. The van der Waals surface area contributed by atoms with Gasteiger partial charge < -0.3 is 9.88 Å². The Bertz CT molecular complexity index is 1200. The smallest absolute Gasteiger partial charge is 0.263 e. The number of hydrogen-bond donors (Lipinski definition) is 2. The molecular weight excluding hydrogens is 402 g/mol. The third-order valence-corrected chi connectivity index (χ3v) is 6.22. The summed E-state index contributed by atoms with van der Waals surface area (Å²) in [7, 11) is -1.71.